The second-order valence-electron chi connectivity index (χ2n) is 5.04. The smallest absolute Gasteiger partial charge is 0.0727 e. The van der Waals surface area contributed by atoms with E-state index in [1.54, 1.807) is 7.11 Å². The second-order valence-corrected chi connectivity index (χ2v) is 5.04. The number of likely N-dealkylation sites (N-methyl/N-ethyl adjacent to an activating group) is 1. The number of aromatic nitrogens is 2. The third kappa shape index (κ3) is 4.10. The largest absolute Gasteiger partial charge is 0.380 e. The van der Waals surface area contributed by atoms with Gasteiger partial charge in [-0.05, 0) is 33.4 Å². The maximum atomic E-state index is 5.57. The predicted molar refractivity (Wildman–Crippen MR) is 74.9 cm³/mol. The Hall–Kier alpha value is -0.870. The highest BCUT2D eigenvalue weighted by Crippen LogP contribution is 2.12. The summed E-state index contributed by atoms with van der Waals surface area (Å²) in [5.74, 6) is 0. The van der Waals surface area contributed by atoms with E-state index in [4.69, 9.17) is 4.74 Å². The first-order valence-corrected chi connectivity index (χ1v) is 6.86. The van der Waals surface area contributed by atoms with Gasteiger partial charge in [0.15, 0.2) is 0 Å². The molecule has 4 nitrogen and oxygen atoms in total. The van der Waals surface area contributed by atoms with Crippen LogP contribution >= 0.6 is 0 Å². The quantitative estimate of drug-likeness (QED) is 0.773. The Morgan fingerprint density at radius 1 is 1.44 bits per heavy atom. The molecule has 0 aromatic carbocycles. The first kappa shape index (κ1) is 15.2. The molecule has 104 valence electrons. The maximum absolute atomic E-state index is 5.57. The molecular weight excluding hydrogens is 226 g/mol. The molecule has 0 aliphatic heterocycles. The molecule has 0 aliphatic carbocycles. The van der Waals surface area contributed by atoms with Crippen molar-refractivity contribution >= 4 is 0 Å². The molecule has 18 heavy (non-hydrogen) atoms. The Labute approximate surface area is 111 Å². The van der Waals surface area contributed by atoms with Crippen molar-refractivity contribution in [1.82, 2.24) is 15.1 Å². The molecule has 0 radical (unpaired) electrons. The Kier molecular flexibility index (Phi) is 6.36. The number of ether oxygens (including phenoxy) is 1. The Balaban J connectivity index is 2.65. The minimum absolute atomic E-state index is 0.254. The van der Waals surface area contributed by atoms with Gasteiger partial charge in [-0.1, -0.05) is 13.3 Å². The van der Waals surface area contributed by atoms with Crippen LogP contribution in [0.25, 0.3) is 0 Å². The maximum Gasteiger partial charge on any atom is 0.0727 e. The van der Waals surface area contributed by atoms with Gasteiger partial charge in [0.25, 0.3) is 0 Å². The molecule has 0 fully saturated rings. The average Bonchev–Trinajstić information content (AvgIpc) is 2.82. The van der Waals surface area contributed by atoms with Crippen LogP contribution in [0.2, 0.25) is 0 Å². The lowest BCUT2D eigenvalue weighted by Gasteiger charge is -2.24. The SMILES string of the molecule is CCCC(OC)C(Cc1ccn(C(C)C)n1)NC. The van der Waals surface area contributed by atoms with Gasteiger partial charge in [0.2, 0.25) is 0 Å². The molecule has 0 amide bonds. The zero-order valence-corrected chi connectivity index (χ0v) is 12.3. The third-order valence-corrected chi connectivity index (χ3v) is 3.32. The van der Waals surface area contributed by atoms with E-state index in [0.717, 1.165) is 25.0 Å². The van der Waals surface area contributed by atoms with Gasteiger partial charge >= 0.3 is 0 Å². The molecular formula is C14H27N3O. The van der Waals surface area contributed by atoms with Crippen molar-refractivity contribution in [2.24, 2.45) is 0 Å². The number of hydrogen-bond acceptors (Lipinski definition) is 3. The van der Waals surface area contributed by atoms with Gasteiger partial charge in [-0.3, -0.25) is 4.68 Å². The van der Waals surface area contributed by atoms with E-state index in [1.807, 2.05) is 17.9 Å². The van der Waals surface area contributed by atoms with E-state index >= 15 is 0 Å². The lowest BCUT2D eigenvalue weighted by molar-refractivity contribution is 0.0629. The molecule has 0 saturated carbocycles. The highest BCUT2D eigenvalue weighted by atomic mass is 16.5. The standard InChI is InChI=1S/C14H27N3O/c1-6-7-14(18-5)13(15-4)10-12-8-9-17(16-12)11(2)3/h8-9,11,13-15H,6-7,10H2,1-5H3. The predicted octanol–water partition coefficient (Wildman–Crippen LogP) is 2.41. The van der Waals surface area contributed by atoms with Crippen molar-refractivity contribution in [3.05, 3.63) is 18.0 Å². The van der Waals surface area contributed by atoms with Gasteiger partial charge < -0.3 is 10.1 Å². The van der Waals surface area contributed by atoms with Crippen LogP contribution in [-0.4, -0.2) is 36.1 Å². The summed E-state index contributed by atoms with van der Waals surface area (Å²) >= 11 is 0. The molecule has 1 heterocycles. The average molecular weight is 253 g/mol. The molecule has 0 aliphatic rings. The van der Waals surface area contributed by atoms with Crippen molar-refractivity contribution in [3.63, 3.8) is 0 Å². The summed E-state index contributed by atoms with van der Waals surface area (Å²) in [6.07, 6.45) is 5.43. The summed E-state index contributed by atoms with van der Waals surface area (Å²) in [5, 5.41) is 7.95. The molecule has 1 aromatic heterocycles. The molecule has 0 spiro atoms. The normalized spacial score (nSPS) is 15.0. The minimum Gasteiger partial charge on any atom is -0.380 e. The van der Waals surface area contributed by atoms with Crippen LogP contribution in [0, 0.1) is 0 Å². The van der Waals surface area contributed by atoms with Gasteiger partial charge in [-0.2, -0.15) is 5.10 Å². The zero-order chi connectivity index (χ0) is 13.5. The summed E-state index contributed by atoms with van der Waals surface area (Å²) in [6.45, 7) is 6.47. The van der Waals surface area contributed by atoms with Gasteiger partial charge in [0, 0.05) is 31.8 Å². The van der Waals surface area contributed by atoms with E-state index in [2.05, 4.69) is 37.3 Å². The highest BCUT2D eigenvalue weighted by Gasteiger charge is 2.20. The van der Waals surface area contributed by atoms with E-state index < -0.39 is 0 Å². The molecule has 0 bridgehead atoms. The van der Waals surface area contributed by atoms with E-state index in [9.17, 15) is 0 Å². The van der Waals surface area contributed by atoms with Crippen molar-refractivity contribution in [3.8, 4) is 0 Å². The molecule has 2 atom stereocenters. The first-order chi connectivity index (χ1) is 8.62. The molecule has 1 aromatic rings. The molecule has 4 heteroatoms. The Bertz CT molecular complexity index is 336. The minimum atomic E-state index is 0.254. The number of hydrogen-bond donors (Lipinski definition) is 1. The molecule has 1 rings (SSSR count). The number of methoxy groups -OCH3 is 1. The Morgan fingerprint density at radius 2 is 2.17 bits per heavy atom. The third-order valence-electron chi connectivity index (χ3n) is 3.32. The van der Waals surface area contributed by atoms with Crippen LogP contribution in [0.1, 0.15) is 45.3 Å². The Morgan fingerprint density at radius 3 is 2.61 bits per heavy atom. The number of rotatable bonds is 8. The topological polar surface area (TPSA) is 39.1 Å². The molecule has 0 saturated heterocycles. The lowest BCUT2D eigenvalue weighted by atomic mass is 10.0. The summed E-state index contributed by atoms with van der Waals surface area (Å²) in [4.78, 5) is 0. The zero-order valence-electron chi connectivity index (χ0n) is 12.3. The second kappa shape index (κ2) is 7.54. The van der Waals surface area contributed by atoms with E-state index in [0.29, 0.717) is 12.1 Å². The first-order valence-electron chi connectivity index (χ1n) is 6.86. The number of nitrogens with one attached hydrogen (secondary N) is 1. The van der Waals surface area contributed by atoms with E-state index in [1.165, 1.54) is 0 Å². The fourth-order valence-corrected chi connectivity index (χ4v) is 2.19. The molecule has 1 N–H and O–H groups in total. The highest BCUT2D eigenvalue weighted by molar-refractivity contribution is 5.03. The summed E-state index contributed by atoms with van der Waals surface area (Å²) in [6, 6.07) is 2.84. The van der Waals surface area contributed by atoms with Crippen LogP contribution < -0.4 is 5.32 Å². The van der Waals surface area contributed by atoms with Gasteiger partial charge in [-0.25, -0.2) is 0 Å². The van der Waals surface area contributed by atoms with Crippen LogP contribution in [-0.2, 0) is 11.2 Å². The van der Waals surface area contributed by atoms with Crippen LogP contribution in [0.3, 0.4) is 0 Å². The summed E-state index contributed by atoms with van der Waals surface area (Å²) in [7, 11) is 3.78. The van der Waals surface area contributed by atoms with Crippen molar-refractivity contribution in [2.45, 2.75) is 58.2 Å². The number of nitrogens with zero attached hydrogens (tertiary/aromatic N) is 2. The lowest BCUT2D eigenvalue weighted by Crippen LogP contribution is -2.40. The monoisotopic (exact) mass is 253 g/mol. The fourth-order valence-electron chi connectivity index (χ4n) is 2.19. The van der Waals surface area contributed by atoms with Crippen LogP contribution in [0.5, 0.6) is 0 Å². The van der Waals surface area contributed by atoms with Crippen LogP contribution in [0.4, 0.5) is 0 Å². The van der Waals surface area contributed by atoms with Crippen molar-refractivity contribution < 1.29 is 4.74 Å². The summed E-state index contributed by atoms with van der Waals surface area (Å²) < 4.78 is 7.58. The van der Waals surface area contributed by atoms with Crippen molar-refractivity contribution in [1.29, 1.82) is 0 Å². The summed E-state index contributed by atoms with van der Waals surface area (Å²) in [5.41, 5.74) is 1.13. The van der Waals surface area contributed by atoms with Crippen LogP contribution in [0.15, 0.2) is 12.3 Å². The fraction of sp³-hybridized carbons (Fsp3) is 0.786. The van der Waals surface area contributed by atoms with E-state index in [-0.39, 0.29) is 6.10 Å². The van der Waals surface area contributed by atoms with Crippen molar-refractivity contribution in [2.75, 3.05) is 14.2 Å². The van der Waals surface area contributed by atoms with Gasteiger partial charge in [-0.15, -0.1) is 0 Å². The van der Waals surface area contributed by atoms with Gasteiger partial charge in [0.1, 0.15) is 0 Å². The molecule has 2 unspecified atom stereocenters. The van der Waals surface area contributed by atoms with Gasteiger partial charge in [0.05, 0.1) is 11.8 Å².